The molecule has 0 saturated carbocycles. The third kappa shape index (κ3) is 2.10. The number of fused-ring (bicyclic) bond motifs is 1. The quantitative estimate of drug-likeness (QED) is 0.798. The van der Waals surface area contributed by atoms with Gasteiger partial charge in [0.05, 0.1) is 11.1 Å². The van der Waals surface area contributed by atoms with Crippen LogP contribution in [0.5, 0.6) is 0 Å². The van der Waals surface area contributed by atoms with Crippen LogP contribution >= 0.6 is 0 Å². The predicted octanol–water partition coefficient (Wildman–Crippen LogP) is 4.51. The van der Waals surface area contributed by atoms with Gasteiger partial charge in [-0.2, -0.15) is 0 Å². The minimum atomic E-state index is -0.236. The maximum absolute atomic E-state index is 11.7. The molecule has 0 unspecified atom stereocenters. The molecule has 1 aromatic rings. The van der Waals surface area contributed by atoms with Gasteiger partial charge in [-0.25, -0.2) is 0 Å². The van der Waals surface area contributed by atoms with E-state index >= 15 is 0 Å². The number of hydrogen-bond donors (Lipinski definition) is 0. The van der Waals surface area contributed by atoms with E-state index in [1.807, 2.05) is 5.06 Å². The van der Waals surface area contributed by atoms with Gasteiger partial charge in [-0.15, -0.1) is 5.06 Å². The van der Waals surface area contributed by atoms with Crippen LogP contribution in [0.4, 0.5) is 0 Å². The molecular formula is C18H27NO2. The number of carbonyl (C=O) groups excluding carboxylic acids is 1. The van der Waals surface area contributed by atoms with Crippen LogP contribution in [0.1, 0.15) is 71.4 Å². The van der Waals surface area contributed by atoms with Gasteiger partial charge in [-0.05, 0) is 36.8 Å². The van der Waals surface area contributed by atoms with Crippen molar-refractivity contribution in [3.8, 4) is 0 Å². The molecule has 0 atom stereocenters. The molecule has 0 bridgehead atoms. The Kier molecular flexibility index (Phi) is 4.43. The molecule has 1 aromatic carbocycles. The molecule has 0 spiro atoms. The molecule has 0 amide bonds. The van der Waals surface area contributed by atoms with Crippen LogP contribution in [0.15, 0.2) is 24.3 Å². The highest BCUT2D eigenvalue weighted by atomic mass is 16.7. The van der Waals surface area contributed by atoms with Gasteiger partial charge in [0.15, 0.2) is 0 Å². The number of carbonyl (C=O) groups is 1. The lowest BCUT2D eigenvalue weighted by atomic mass is 9.83. The fraction of sp³-hybridized carbons (Fsp3) is 0.611. The zero-order chi connectivity index (χ0) is 15.7. The SMILES string of the molecule is CCC1(CC)c2ccccc2C(CC)(CC)N1OC(C)=O. The molecule has 21 heavy (non-hydrogen) atoms. The summed E-state index contributed by atoms with van der Waals surface area (Å²) in [4.78, 5) is 17.5. The number of hydrogen-bond acceptors (Lipinski definition) is 3. The Bertz CT molecular complexity index is 477. The van der Waals surface area contributed by atoms with E-state index in [-0.39, 0.29) is 17.0 Å². The van der Waals surface area contributed by atoms with Crippen molar-refractivity contribution in [2.45, 2.75) is 71.4 Å². The number of rotatable bonds is 5. The summed E-state index contributed by atoms with van der Waals surface area (Å²) in [6, 6.07) is 8.58. The standard InChI is InChI=1S/C18H27NO2/c1-6-17(7-2)15-12-10-11-13-16(15)18(8-3,9-4)19(17)21-14(5)20/h10-13H,6-9H2,1-5H3. The van der Waals surface area contributed by atoms with Crippen LogP contribution in [0.3, 0.4) is 0 Å². The highest BCUT2D eigenvalue weighted by Crippen LogP contribution is 2.55. The summed E-state index contributed by atoms with van der Waals surface area (Å²) in [6.45, 7) is 10.2. The largest absolute Gasteiger partial charge is 0.367 e. The second kappa shape index (κ2) is 5.80. The normalized spacial score (nSPS) is 19.3. The third-order valence-electron chi connectivity index (χ3n) is 5.27. The Morgan fingerprint density at radius 1 is 0.952 bits per heavy atom. The molecule has 3 heteroatoms. The first-order valence-electron chi connectivity index (χ1n) is 8.11. The van der Waals surface area contributed by atoms with Crippen LogP contribution in [0.2, 0.25) is 0 Å². The lowest BCUT2D eigenvalue weighted by Gasteiger charge is -2.44. The Morgan fingerprint density at radius 3 is 1.62 bits per heavy atom. The van der Waals surface area contributed by atoms with Crippen LogP contribution in [0, 0.1) is 0 Å². The summed E-state index contributed by atoms with van der Waals surface area (Å²) in [5.74, 6) is -0.236. The maximum Gasteiger partial charge on any atom is 0.322 e. The Hall–Kier alpha value is -1.35. The molecular weight excluding hydrogens is 262 g/mol. The van der Waals surface area contributed by atoms with Crippen molar-refractivity contribution >= 4 is 5.97 Å². The van der Waals surface area contributed by atoms with Crippen LogP contribution in [0.25, 0.3) is 0 Å². The monoisotopic (exact) mass is 289 g/mol. The van der Waals surface area contributed by atoms with Gasteiger partial charge >= 0.3 is 5.97 Å². The van der Waals surface area contributed by atoms with Gasteiger partial charge in [0.2, 0.25) is 0 Å². The molecule has 2 rings (SSSR count). The molecule has 3 nitrogen and oxygen atoms in total. The van der Waals surface area contributed by atoms with Gasteiger partial charge in [0.25, 0.3) is 0 Å². The average Bonchev–Trinajstić information content (AvgIpc) is 2.73. The van der Waals surface area contributed by atoms with E-state index in [1.165, 1.54) is 18.1 Å². The molecule has 116 valence electrons. The van der Waals surface area contributed by atoms with E-state index in [9.17, 15) is 4.79 Å². The fourth-order valence-corrected chi connectivity index (χ4v) is 4.06. The fourth-order valence-electron chi connectivity index (χ4n) is 4.06. The second-order valence-corrected chi connectivity index (χ2v) is 5.90. The predicted molar refractivity (Wildman–Crippen MR) is 84.6 cm³/mol. The lowest BCUT2D eigenvalue weighted by Crippen LogP contribution is -2.51. The molecule has 0 aromatic heterocycles. The topological polar surface area (TPSA) is 29.5 Å². The molecule has 0 saturated heterocycles. The van der Waals surface area contributed by atoms with Gasteiger partial charge in [0, 0.05) is 6.92 Å². The summed E-state index contributed by atoms with van der Waals surface area (Å²) in [5, 5.41) is 2.02. The summed E-state index contributed by atoms with van der Waals surface area (Å²) >= 11 is 0. The minimum absolute atomic E-state index is 0.214. The maximum atomic E-state index is 11.7. The molecule has 0 radical (unpaired) electrons. The first-order valence-corrected chi connectivity index (χ1v) is 8.11. The Balaban J connectivity index is 2.72. The van der Waals surface area contributed by atoms with E-state index in [2.05, 4.69) is 52.0 Å². The van der Waals surface area contributed by atoms with Crippen molar-refractivity contribution in [1.29, 1.82) is 0 Å². The van der Waals surface area contributed by atoms with Crippen LogP contribution in [-0.4, -0.2) is 11.0 Å². The summed E-state index contributed by atoms with van der Waals surface area (Å²) in [7, 11) is 0. The van der Waals surface area contributed by atoms with Crippen molar-refractivity contribution in [1.82, 2.24) is 5.06 Å². The van der Waals surface area contributed by atoms with Gasteiger partial charge in [-0.3, -0.25) is 4.79 Å². The zero-order valence-electron chi connectivity index (χ0n) is 13.9. The summed E-state index contributed by atoms with van der Waals surface area (Å²) < 4.78 is 0. The Labute approximate surface area is 128 Å². The second-order valence-electron chi connectivity index (χ2n) is 5.90. The van der Waals surface area contributed by atoms with E-state index < -0.39 is 0 Å². The first kappa shape index (κ1) is 16.0. The molecule has 1 aliphatic heterocycles. The van der Waals surface area contributed by atoms with Crippen LogP contribution < -0.4 is 0 Å². The number of nitrogens with zero attached hydrogens (tertiary/aromatic N) is 1. The average molecular weight is 289 g/mol. The number of hydroxylamine groups is 2. The summed E-state index contributed by atoms with van der Waals surface area (Å²) in [5.41, 5.74) is 2.21. The molecule has 0 N–H and O–H groups in total. The van der Waals surface area contributed by atoms with Gasteiger partial charge < -0.3 is 4.84 Å². The van der Waals surface area contributed by atoms with E-state index in [0.29, 0.717) is 0 Å². The lowest BCUT2D eigenvalue weighted by molar-refractivity contribution is -0.264. The smallest absolute Gasteiger partial charge is 0.322 e. The van der Waals surface area contributed by atoms with Crippen molar-refractivity contribution < 1.29 is 9.63 Å². The van der Waals surface area contributed by atoms with E-state index in [0.717, 1.165) is 25.7 Å². The van der Waals surface area contributed by atoms with Crippen molar-refractivity contribution in [3.63, 3.8) is 0 Å². The highest BCUT2D eigenvalue weighted by molar-refractivity contribution is 5.66. The third-order valence-corrected chi connectivity index (χ3v) is 5.27. The van der Waals surface area contributed by atoms with Gasteiger partial charge in [0.1, 0.15) is 0 Å². The minimum Gasteiger partial charge on any atom is -0.367 e. The number of benzene rings is 1. The molecule has 1 aliphatic rings. The molecule has 0 aliphatic carbocycles. The highest BCUT2D eigenvalue weighted by Gasteiger charge is 2.57. The van der Waals surface area contributed by atoms with E-state index in [1.54, 1.807) is 0 Å². The summed E-state index contributed by atoms with van der Waals surface area (Å²) in [6.07, 6.45) is 3.70. The Morgan fingerprint density at radius 2 is 1.33 bits per heavy atom. The van der Waals surface area contributed by atoms with Gasteiger partial charge in [-0.1, -0.05) is 52.0 Å². The molecule has 1 heterocycles. The zero-order valence-corrected chi connectivity index (χ0v) is 13.9. The van der Waals surface area contributed by atoms with E-state index in [4.69, 9.17) is 4.84 Å². The van der Waals surface area contributed by atoms with Crippen molar-refractivity contribution in [2.75, 3.05) is 0 Å². The molecule has 0 fully saturated rings. The van der Waals surface area contributed by atoms with Crippen molar-refractivity contribution in [2.24, 2.45) is 0 Å². The van der Waals surface area contributed by atoms with Crippen LogP contribution in [-0.2, 0) is 20.7 Å². The van der Waals surface area contributed by atoms with Crippen molar-refractivity contribution in [3.05, 3.63) is 35.4 Å². The first-order chi connectivity index (χ1) is 10.0.